The normalized spacial score (nSPS) is 20.7. The van der Waals surface area contributed by atoms with Crippen LogP contribution in [0.4, 0.5) is 0 Å². The summed E-state index contributed by atoms with van der Waals surface area (Å²) in [7, 11) is 0. The molecule has 24 heavy (non-hydrogen) atoms. The summed E-state index contributed by atoms with van der Waals surface area (Å²) in [6, 6.07) is 4.64. The summed E-state index contributed by atoms with van der Waals surface area (Å²) in [5.41, 5.74) is 0. The SMILES string of the molecule is Cc1nc2n(n1)CCCC2NC(=NCCc1ccco1)NC1CC1. The lowest BCUT2D eigenvalue weighted by Gasteiger charge is -2.25. The molecule has 128 valence electrons. The van der Waals surface area contributed by atoms with Crippen LogP contribution in [0.5, 0.6) is 0 Å². The van der Waals surface area contributed by atoms with Crippen molar-refractivity contribution in [1.29, 1.82) is 0 Å². The Bertz CT molecular complexity index is 701. The van der Waals surface area contributed by atoms with E-state index in [0.29, 0.717) is 12.6 Å². The molecule has 1 unspecified atom stereocenters. The maximum atomic E-state index is 5.38. The van der Waals surface area contributed by atoms with Crippen LogP contribution < -0.4 is 10.6 Å². The van der Waals surface area contributed by atoms with Gasteiger partial charge in [0.15, 0.2) is 5.96 Å². The fourth-order valence-corrected chi connectivity index (χ4v) is 3.06. The van der Waals surface area contributed by atoms with Crippen molar-refractivity contribution in [3.8, 4) is 0 Å². The highest BCUT2D eigenvalue weighted by Gasteiger charge is 2.27. The van der Waals surface area contributed by atoms with Gasteiger partial charge in [-0.05, 0) is 44.7 Å². The summed E-state index contributed by atoms with van der Waals surface area (Å²) in [4.78, 5) is 9.32. The molecule has 0 spiro atoms. The molecule has 3 heterocycles. The first kappa shape index (κ1) is 15.2. The molecule has 0 aromatic carbocycles. The lowest BCUT2D eigenvalue weighted by atomic mass is 10.1. The van der Waals surface area contributed by atoms with Crippen molar-refractivity contribution in [2.24, 2.45) is 4.99 Å². The number of aromatic nitrogens is 3. The van der Waals surface area contributed by atoms with Crippen LogP contribution in [0.3, 0.4) is 0 Å². The van der Waals surface area contributed by atoms with E-state index in [0.717, 1.165) is 49.2 Å². The summed E-state index contributed by atoms with van der Waals surface area (Å²) in [5, 5.41) is 11.5. The van der Waals surface area contributed by atoms with Crippen LogP contribution in [0.15, 0.2) is 27.8 Å². The van der Waals surface area contributed by atoms with Gasteiger partial charge in [-0.3, -0.25) is 4.99 Å². The van der Waals surface area contributed by atoms with Gasteiger partial charge in [0.25, 0.3) is 0 Å². The van der Waals surface area contributed by atoms with Crippen LogP contribution in [-0.4, -0.2) is 33.3 Å². The van der Waals surface area contributed by atoms with Gasteiger partial charge in [0, 0.05) is 25.6 Å². The minimum Gasteiger partial charge on any atom is -0.469 e. The van der Waals surface area contributed by atoms with Crippen molar-refractivity contribution < 1.29 is 4.42 Å². The number of nitrogens with one attached hydrogen (secondary N) is 2. The van der Waals surface area contributed by atoms with Crippen LogP contribution in [0.2, 0.25) is 0 Å². The van der Waals surface area contributed by atoms with Gasteiger partial charge in [-0.25, -0.2) is 9.67 Å². The molecule has 2 aliphatic rings. The summed E-state index contributed by atoms with van der Waals surface area (Å²) >= 11 is 0. The van der Waals surface area contributed by atoms with Crippen LogP contribution in [0, 0.1) is 6.92 Å². The summed E-state index contributed by atoms with van der Waals surface area (Å²) < 4.78 is 7.40. The van der Waals surface area contributed by atoms with E-state index in [1.54, 1.807) is 6.26 Å². The quantitative estimate of drug-likeness (QED) is 0.648. The standard InChI is InChI=1S/C17H24N6O/c1-12-19-16-15(5-2-10-23(16)22-12)21-17(20-13-6-7-13)18-9-8-14-4-3-11-24-14/h3-4,11,13,15H,2,5-10H2,1H3,(H2,18,20,21). The monoisotopic (exact) mass is 328 g/mol. The minimum absolute atomic E-state index is 0.175. The molecular formula is C17H24N6O. The first-order chi connectivity index (χ1) is 11.8. The van der Waals surface area contributed by atoms with Gasteiger partial charge in [0.2, 0.25) is 0 Å². The molecule has 2 aromatic heterocycles. The molecule has 1 fully saturated rings. The van der Waals surface area contributed by atoms with E-state index in [1.165, 1.54) is 12.8 Å². The number of fused-ring (bicyclic) bond motifs is 1. The predicted molar refractivity (Wildman–Crippen MR) is 90.7 cm³/mol. The molecule has 2 aromatic rings. The number of hydrogen-bond donors (Lipinski definition) is 2. The Labute approximate surface area is 141 Å². The molecule has 7 nitrogen and oxygen atoms in total. The van der Waals surface area contributed by atoms with Crippen molar-refractivity contribution in [1.82, 2.24) is 25.4 Å². The number of furan rings is 1. The second-order valence-electron chi connectivity index (χ2n) is 6.56. The molecule has 7 heteroatoms. The third-order valence-electron chi connectivity index (χ3n) is 4.42. The molecule has 1 aliphatic heterocycles. The summed E-state index contributed by atoms with van der Waals surface area (Å²) in [5.74, 6) is 3.71. The minimum atomic E-state index is 0.175. The van der Waals surface area contributed by atoms with E-state index >= 15 is 0 Å². The highest BCUT2D eigenvalue weighted by atomic mass is 16.3. The van der Waals surface area contributed by atoms with Gasteiger partial charge in [-0.2, -0.15) is 5.10 Å². The van der Waals surface area contributed by atoms with E-state index in [-0.39, 0.29) is 6.04 Å². The number of guanidine groups is 1. The molecule has 1 atom stereocenters. The third-order valence-corrected chi connectivity index (χ3v) is 4.42. The lowest BCUT2D eigenvalue weighted by Crippen LogP contribution is -2.42. The lowest BCUT2D eigenvalue weighted by molar-refractivity contribution is 0.397. The van der Waals surface area contributed by atoms with Crippen LogP contribution in [0.25, 0.3) is 0 Å². The summed E-state index contributed by atoms with van der Waals surface area (Å²) in [6.07, 6.45) is 7.12. The Hall–Kier alpha value is -2.31. The zero-order valence-electron chi connectivity index (χ0n) is 14.0. The number of nitrogens with zero attached hydrogens (tertiary/aromatic N) is 4. The zero-order valence-corrected chi connectivity index (χ0v) is 14.0. The number of hydrogen-bond acceptors (Lipinski definition) is 4. The van der Waals surface area contributed by atoms with Gasteiger partial charge < -0.3 is 15.1 Å². The largest absolute Gasteiger partial charge is 0.469 e. The zero-order chi connectivity index (χ0) is 16.4. The van der Waals surface area contributed by atoms with Crippen molar-refractivity contribution >= 4 is 5.96 Å². The molecule has 1 saturated carbocycles. The van der Waals surface area contributed by atoms with Gasteiger partial charge in [0.1, 0.15) is 17.4 Å². The molecule has 4 rings (SSSR count). The second kappa shape index (κ2) is 6.67. The number of rotatable bonds is 5. The predicted octanol–water partition coefficient (Wildman–Crippen LogP) is 1.95. The van der Waals surface area contributed by atoms with Gasteiger partial charge >= 0.3 is 0 Å². The van der Waals surface area contributed by atoms with Crippen molar-refractivity contribution in [2.45, 2.75) is 57.7 Å². The maximum absolute atomic E-state index is 5.38. The molecule has 0 amide bonds. The molecule has 2 N–H and O–H groups in total. The van der Waals surface area contributed by atoms with Gasteiger partial charge in [-0.1, -0.05) is 0 Å². The van der Waals surface area contributed by atoms with Crippen molar-refractivity contribution in [2.75, 3.05) is 6.54 Å². The first-order valence-electron chi connectivity index (χ1n) is 8.79. The maximum Gasteiger partial charge on any atom is 0.192 e. The third kappa shape index (κ3) is 3.60. The van der Waals surface area contributed by atoms with E-state index in [1.807, 2.05) is 23.7 Å². The van der Waals surface area contributed by atoms with Gasteiger partial charge in [0.05, 0.1) is 12.3 Å². The Morgan fingerprint density at radius 3 is 3.08 bits per heavy atom. The average molecular weight is 328 g/mol. The molecule has 0 saturated heterocycles. The molecule has 1 aliphatic carbocycles. The Balaban J connectivity index is 1.43. The van der Waals surface area contributed by atoms with E-state index in [4.69, 9.17) is 9.41 Å². The Kier molecular flexibility index (Phi) is 4.23. The molecular weight excluding hydrogens is 304 g/mol. The van der Waals surface area contributed by atoms with Crippen LogP contribution >= 0.6 is 0 Å². The first-order valence-corrected chi connectivity index (χ1v) is 8.79. The summed E-state index contributed by atoms with van der Waals surface area (Å²) in [6.45, 7) is 3.60. The van der Waals surface area contributed by atoms with Crippen molar-refractivity contribution in [3.05, 3.63) is 35.8 Å². The topological polar surface area (TPSA) is 80.3 Å². The molecule has 0 bridgehead atoms. The highest BCUT2D eigenvalue weighted by Crippen LogP contribution is 2.23. The second-order valence-corrected chi connectivity index (χ2v) is 6.56. The Morgan fingerprint density at radius 1 is 1.38 bits per heavy atom. The van der Waals surface area contributed by atoms with Crippen LogP contribution in [0.1, 0.15) is 49.1 Å². The van der Waals surface area contributed by atoms with Gasteiger partial charge in [-0.15, -0.1) is 0 Å². The molecule has 0 radical (unpaired) electrons. The highest BCUT2D eigenvalue weighted by molar-refractivity contribution is 5.80. The number of aryl methyl sites for hydroxylation is 2. The number of aliphatic imine (C=N–C) groups is 1. The van der Waals surface area contributed by atoms with Crippen LogP contribution in [-0.2, 0) is 13.0 Å². The fourth-order valence-electron chi connectivity index (χ4n) is 3.06. The fraction of sp³-hybridized carbons (Fsp3) is 0.588. The van der Waals surface area contributed by atoms with E-state index in [9.17, 15) is 0 Å². The van der Waals surface area contributed by atoms with E-state index in [2.05, 4.69) is 20.7 Å². The smallest absolute Gasteiger partial charge is 0.192 e. The van der Waals surface area contributed by atoms with Crippen molar-refractivity contribution in [3.63, 3.8) is 0 Å². The van der Waals surface area contributed by atoms with E-state index < -0.39 is 0 Å². The Morgan fingerprint density at radius 2 is 2.29 bits per heavy atom. The average Bonchev–Trinajstić information content (AvgIpc) is 3.07.